The van der Waals surface area contributed by atoms with Crippen molar-refractivity contribution >= 4 is 35.2 Å². The quantitative estimate of drug-likeness (QED) is 0.651. The molecule has 1 aromatic rings. The van der Waals surface area contributed by atoms with Gasteiger partial charge in [-0.25, -0.2) is 0 Å². The van der Waals surface area contributed by atoms with Gasteiger partial charge in [-0.15, -0.1) is 0 Å². The highest BCUT2D eigenvalue weighted by atomic mass is 127. The first-order valence-electron chi connectivity index (χ1n) is 5.23. The van der Waals surface area contributed by atoms with Crippen LogP contribution in [0.2, 0.25) is 0 Å². The molecule has 0 spiro atoms. The lowest BCUT2D eigenvalue weighted by atomic mass is 9.71. The summed E-state index contributed by atoms with van der Waals surface area (Å²) in [6.45, 7) is 0.816. The van der Waals surface area contributed by atoms with E-state index in [1.807, 2.05) is 12.1 Å². The van der Waals surface area contributed by atoms with Gasteiger partial charge in [-0.1, -0.05) is 12.5 Å². The Labute approximate surface area is 110 Å². The topological polar surface area (TPSA) is 9.23 Å². The molecule has 0 saturated heterocycles. The molecule has 0 heterocycles. The maximum absolute atomic E-state index is 5.83. The van der Waals surface area contributed by atoms with Crippen LogP contribution in [-0.2, 0) is 0 Å². The maximum atomic E-state index is 5.83. The van der Waals surface area contributed by atoms with E-state index in [2.05, 4.69) is 47.4 Å². The van der Waals surface area contributed by atoms with Crippen molar-refractivity contribution in [3.63, 3.8) is 0 Å². The molecule has 1 saturated carbocycles. The number of thiol groups is 1. The minimum atomic E-state index is 0.352. The first kappa shape index (κ1) is 11.6. The Morgan fingerprint density at radius 3 is 2.73 bits per heavy atom. The van der Waals surface area contributed by atoms with Crippen molar-refractivity contribution in [3.05, 3.63) is 27.8 Å². The van der Waals surface area contributed by atoms with Gasteiger partial charge in [0.05, 0.1) is 6.61 Å². The molecule has 1 fully saturated rings. The summed E-state index contributed by atoms with van der Waals surface area (Å²) >= 11 is 6.72. The van der Waals surface area contributed by atoms with E-state index in [0.717, 1.165) is 18.1 Å². The molecule has 0 N–H and O–H groups in total. The molecule has 0 amide bonds. The molecule has 1 nitrogen and oxygen atoms in total. The van der Waals surface area contributed by atoms with Crippen molar-refractivity contribution in [1.82, 2.24) is 0 Å². The van der Waals surface area contributed by atoms with Crippen LogP contribution in [0.25, 0.3) is 0 Å². The molecule has 0 unspecified atom stereocenters. The van der Waals surface area contributed by atoms with Gasteiger partial charge in [-0.05, 0) is 59.4 Å². The van der Waals surface area contributed by atoms with E-state index in [9.17, 15) is 0 Å². The van der Waals surface area contributed by atoms with Crippen molar-refractivity contribution in [2.24, 2.45) is 5.41 Å². The van der Waals surface area contributed by atoms with Gasteiger partial charge in [0.2, 0.25) is 0 Å². The van der Waals surface area contributed by atoms with Crippen molar-refractivity contribution in [2.75, 3.05) is 12.4 Å². The van der Waals surface area contributed by atoms with Crippen molar-refractivity contribution in [1.29, 1.82) is 0 Å². The van der Waals surface area contributed by atoms with Gasteiger partial charge in [0.1, 0.15) is 5.75 Å². The zero-order chi connectivity index (χ0) is 10.7. The average molecular weight is 334 g/mol. The zero-order valence-corrected chi connectivity index (χ0v) is 11.6. The first-order chi connectivity index (χ1) is 7.24. The lowest BCUT2D eigenvalue weighted by Gasteiger charge is -2.40. The fraction of sp³-hybridized carbons (Fsp3) is 0.500. The largest absolute Gasteiger partial charge is 0.493 e. The number of hydrogen-bond donors (Lipinski definition) is 1. The van der Waals surface area contributed by atoms with Gasteiger partial charge >= 0.3 is 0 Å². The lowest BCUT2D eigenvalue weighted by molar-refractivity contribution is 0.0829. The standard InChI is InChI=1S/C12H15IOS/c13-10-3-1-4-11(7-10)14-8-12(9-15)5-2-6-12/h1,3-4,7,15H,2,5-6,8-9H2. The Bertz CT molecular complexity index is 331. The Kier molecular flexibility index (Phi) is 3.83. The Morgan fingerprint density at radius 2 is 2.20 bits per heavy atom. The summed E-state index contributed by atoms with van der Waals surface area (Å²) in [6.07, 6.45) is 3.86. The SMILES string of the molecule is SCC1(COc2cccc(I)c2)CCC1. The third-order valence-electron chi connectivity index (χ3n) is 3.09. The van der Waals surface area contributed by atoms with Gasteiger partial charge in [-0.2, -0.15) is 12.6 Å². The van der Waals surface area contributed by atoms with Crippen LogP contribution in [-0.4, -0.2) is 12.4 Å². The zero-order valence-electron chi connectivity index (χ0n) is 8.58. The molecular weight excluding hydrogens is 319 g/mol. The van der Waals surface area contributed by atoms with Crippen LogP contribution >= 0.6 is 35.2 Å². The second-order valence-electron chi connectivity index (χ2n) is 4.26. The van der Waals surface area contributed by atoms with Crippen LogP contribution < -0.4 is 4.74 Å². The predicted molar refractivity (Wildman–Crippen MR) is 74.8 cm³/mol. The summed E-state index contributed by atoms with van der Waals surface area (Å²) in [5.74, 6) is 1.92. The van der Waals surface area contributed by atoms with E-state index < -0.39 is 0 Å². The molecule has 0 radical (unpaired) electrons. The van der Waals surface area contributed by atoms with Crippen LogP contribution in [0.1, 0.15) is 19.3 Å². The third-order valence-corrected chi connectivity index (χ3v) is 4.43. The third kappa shape index (κ3) is 2.81. The van der Waals surface area contributed by atoms with Crippen molar-refractivity contribution in [2.45, 2.75) is 19.3 Å². The summed E-state index contributed by atoms with van der Waals surface area (Å²) in [6, 6.07) is 8.20. The second-order valence-corrected chi connectivity index (χ2v) is 5.82. The van der Waals surface area contributed by atoms with Crippen LogP contribution in [0.3, 0.4) is 0 Å². The van der Waals surface area contributed by atoms with Crippen LogP contribution in [0.15, 0.2) is 24.3 Å². The van der Waals surface area contributed by atoms with Crippen molar-refractivity contribution < 1.29 is 4.74 Å². The molecule has 0 aromatic heterocycles. The molecule has 1 aromatic carbocycles. The first-order valence-corrected chi connectivity index (χ1v) is 6.94. The van der Waals surface area contributed by atoms with Gasteiger partial charge in [0.15, 0.2) is 0 Å². The number of rotatable bonds is 4. The molecule has 3 heteroatoms. The van der Waals surface area contributed by atoms with E-state index in [-0.39, 0.29) is 0 Å². The molecule has 0 atom stereocenters. The second kappa shape index (κ2) is 4.95. The molecule has 1 aliphatic rings. The fourth-order valence-electron chi connectivity index (χ4n) is 1.82. The fourth-order valence-corrected chi connectivity index (χ4v) is 2.74. The van der Waals surface area contributed by atoms with E-state index in [1.165, 1.54) is 22.8 Å². The lowest BCUT2D eigenvalue weighted by Crippen LogP contribution is -2.37. The molecule has 0 bridgehead atoms. The summed E-state index contributed by atoms with van der Waals surface area (Å²) in [5.41, 5.74) is 0.352. The molecule has 82 valence electrons. The number of benzene rings is 1. The highest BCUT2D eigenvalue weighted by molar-refractivity contribution is 14.1. The Hall–Kier alpha value is 0.100. The van der Waals surface area contributed by atoms with E-state index in [1.54, 1.807) is 0 Å². The molecule has 1 aliphatic carbocycles. The smallest absolute Gasteiger partial charge is 0.120 e. The molecular formula is C12H15IOS. The predicted octanol–water partition coefficient (Wildman–Crippen LogP) is 3.77. The van der Waals surface area contributed by atoms with Crippen molar-refractivity contribution in [3.8, 4) is 5.75 Å². The maximum Gasteiger partial charge on any atom is 0.120 e. The Balaban J connectivity index is 1.92. The average Bonchev–Trinajstić information content (AvgIpc) is 2.17. The number of hydrogen-bond acceptors (Lipinski definition) is 2. The van der Waals surface area contributed by atoms with Gasteiger partial charge < -0.3 is 4.74 Å². The van der Waals surface area contributed by atoms with Gasteiger partial charge in [-0.3, -0.25) is 0 Å². The van der Waals surface area contributed by atoms with Crippen LogP contribution in [0, 0.1) is 8.99 Å². The van der Waals surface area contributed by atoms with Crippen LogP contribution in [0.5, 0.6) is 5.75 Å². The van der Waals surface area contributed by atoms with E-state index in [4.69, 9.17) is 4.74 Å². The monoisotopic (exact) mass is 334 g/mol. The highest BCUT2D eigenvalue weighted by Crippen LogP contribution is 2.42. The summed E-state index contributed by atoms with van der Waals surface area (Å²) in [7, 11) is 0. The summed E-state index contributed by atoms with van der Waals surface area (Å²) < 4.78 is 7.05. The van der Waals surface area contributed by atoms with Gasteiger partial charge in [0, 0.05) is 8.99 Å². The van der Waals surface area contributed by atoms with Gasteiger partial charge in [0.25, 0.3) is 0 Å². The van der Waals surface area contributed by atoms with E-state index >= 15 is 0 Å². The molecule has 15 heavy (non-hydrogen) atoms. The highest BCUT2D eigenvalue weighted by Gasteiger charge is 2.36. The number of halogens is 1. The number of ether oxygens (including phenoxy) is 1. The van der Waals surface area contributed by atoms with Crippen LogP contribution in [0.4, 0.5) is 0 Å². The summed E-state index contributed by atoms with van der Waals surface area (Å²) in [5, 5.41) is 0. The minimum absolute atomic E-state index is 0.352. The molecule has 0 aliphatic heterocycles. The normalized spacial score (nSPS) is 18.3. The minimum Gasteiger partial charge on any atom is -0.493 e. The molecule has 2 rings (SSSR count). The van der Waals surface area contributed by atoms with E-state index in [0.29, 0.717) is 5.41 Å². The summed E-state index contributed by atoms with van der Waals surface area (Å²) in [4.78, 5) is 0. The Morgan fingerprint density at radius 1 is 1.40 bits per heavy atom.